The molecule has 2 heterocycles. The molecule has 0 spiro atoms. The molecule has 0 saturated carbocycles. The van der Waals surface area contributed by atoms with Crippen molar-refractivity contribution in [1.29, 1.82) is 0 Å². The van der Waals surface area contributed by atoms with E-state index in [-0.39, 0.29) is 11.8 Å². The monoisotopic (exact) mass is 546 g/mol. The second-order valence-corrected chi connectivity index (χ2v) is 11.2. The van der Waals surface area contributed by atoms with Crippen molar-refractivity contribution < 1.29 is 4.79 Å². The van der Waals surface area contributed by atoms with Crippen LogP contribution in [0.1, 0.15) is 34.6 Å². The van der Waals surface area contributed by atoms with Crippen LogP contribution in [-0.2, 0) is 17.6 Å². The Labute approximate surface area is 242 Å². The molecular formula is C34H38N6O. The first-order valence-electron chi connectivity index (χ1n) is 14.7. The summed E-state index contributed by atoms with van der Waals surface area (Å²) in [6, 6.07) is 26.6. The molecule has 0 radical (unpaired) electrons. The van der Waals surface area contributed by atoms with Crippen molar-refractivity contribution in [3.8, 4) is 11.3 Å². The fourth-order valence-corrected chi connectivity index (χ4v) is 5.88. The van der Waals surface area contributed by atoms with Crippen molar-refractivity contribution in [2.24, 2.45) is 0 Å². The van der Waals surface area contributed by atoms with Crippen LogP contribution in [0.5, 0.6) is 0 Å². The Morgan fingerprint density at radius 2 is 1.68 bits per heavy atom. The fraction of sp³-hybridized carbons (Fsp3) is 0.324. The molecule has 1 aromatic heterocycles. The van der Waals surface area contributed by atoms with Crippen molar-refractivity contribution in [1.82, 2.24) is 19.8 Å². The first-order chi connectivity index (χ1) is 20.1. The summed E-state index contributed by atoms with van der Waals surface area (Å²) in [6.45, 7) is 6.56. The molecule has 1 aliphatic heterocycles. The van der Waals surface area contributed by atoms with Crippen LogP contribution >= 0.6 is 0 Å². The minimum atomic E-state index is -0.0122. The SMILES string of the molecule is CN1CCN(CCCNc2ncc3c(n2)-c2ccccc2C(c2ccc(NC(=O)Cc4ccccc4)cc2)C3)CC1. The number of amides is 1. The maximum atomic E-state index is 12.5. The van der Waals surface area contributed by atoms with Gasteiger partial charge in [-0.15, -0.1) is 0 Å². The third-order valence-electron chi connectivity index (χ3n) is 8.21. The minimum Gasteiger partial charge on any atom is -0.354 e. The lowest BCUT2D eigenvalue weighted by molar-refractivity contribution is -0.115. The van der Waals surface area contributed by atoms with E-state index in [9.17, 15) is 4.79 Å². The lowest BCUT2D eigenvalue weighted by Gasteiger charge is -2.32. The van der Waals surface area contributed by atoms with E-state index in [1.54, 1.807) is 0 Å². The predicted molar refractivity (Wildman–Crippen MR) is 165 cm³/mol. The molecule has 3 aromatic carbocycles. The molecule has 1 amide bonds. The minimum absolute atomic E-state index is 0.0122. The van der Waals surface area contributed by atoms with Crippen LogP contribution in [0.2, 0.25) is 0 Å². The van der Waals surface area contributed by atoms with Gasteiger partial charge in [-0.05, 0) is 60.8 Å². The number of carbonyl (C=O) groups excluding carboxylic acids is 1. The number of piperazine rings is 1. The van der Waals surface area contributed by atoms with Crippen molar-refractivity contribution >= 4 is 17.5 Å². The largest absolute Gasteiger partial charge is 0.354 e. The third-order valence-corrected chi connectivity index (χ3v) is 8.21. The highest BCUT2D eigenvalue weighted by Gasteiger charge is 2.27. The summed E-state index contributed by atoms with van der Waals surface area (Å²) in [7, 11) is 2.19. The van der Waals surface area contributed by atoms with Crippen LogP contribution in [0, 0.1) is 0 Å². The van der Waals surface area contributed by atoms with E-state index in [0.29, 0.717) is 12.4 Å². The molecule has 7 heteroatoms. The van der Waals surface area contributed by atoms with Gasteiger partial charge >= 0.3 is 0 Å². The Morgan fingerprint density at radius 1 is 0.927 bits per heavy atom. The van der Waals surface area contributed by atoms with Gasteiger partial charge in [0, 0.05) is 56.1 Å². The van der Waals surface area contributed by atoms with Gasteiger partial charge < -0.3 is 20.4 Å². The summed E-state index contributed by atoms with van der Waals surface area (Å²) in [5, 5.41) is 6.49. The van der Waals surface area contributed by atoms with Gasteiger partial charge in [0.1, 0.15) is 0 Å². The van der Waals surface area contributed by atoms with Crippen LogP contribution < -0.4 is 10.6 Å². The van der Waals surface area contributed by atoms with Gasteiger partial charge in [-0.25, -0.2) is 9.97 Å². The van der Waals surface area contributed by atoms with Crippen LogP contribution in [-0.4, -0.2) is 72.0 Å². The number of nitrogens with one attached hydrogen (secondary N) is 2. The van der Waals surface area contributed by atoms with E-state index in [1.165, 1.54) is 16.7 Å². The van der Waals surface area contributed by atoms with Gasteiger partial charge in [0.15, 0.2) is 0 Å². The van der Waals surface area contributed by atoms with Gasteiger partial charge in [0.25, 0.3) is 0 Å². The topological polar surface area (TPSA) is 73.4 Å². The molecule has 2 N–H and O–H groups in total. The van der Waals surface area contributed by atoms with Gasteiger partial charge in [-0.2, -0.15) is 0 Å². The van der Waals surface area contributed by atoms with E-state index in [1.807, 2.05) is 48.7 Å². The molecule has 6 rings (SSSR count). The van der Waals surface area contributed by atoms with E-state index in [2.05, 4.69) is 68.9 Å². The molecule has 4 aromatic rings. The van der Waals surface area contributed by atoms with Crippen molar-refractivity contribution in [3.05, 3.63) is 107 Å². The first kappa shape index (κ1) is 27.1. The molecule has 0 bridgehead atoms. The molecule has 1 atom stereocenters. The molecular weight excluding hydrogens is 508 g/mol. The zero-order valence-corrected chi connectivity index (χ0v) is 23.7. The second kappa shape index (κ2) is 12.6. The van der Waals surface area contributed by atoms with Crippen LogP contribution in [0.25, 0.3) is 11.3 Å². The van der Waals surface area contributed by atoms with Gasteiger partial charge in [-0.1, -0.05) is 66.7 Å². The summed E-state index contributed by atoms with van der Waals surface area (Å²) >= 11 is 0. The Hall–Kier alpha value is -4.07. The van der Waals surface area contributed by atoms with Crippen molar-refractivity contribution in [2.45, 2.75) is 25.2 Å². The van der Waals surface area contributed by atoms with Gasteiger partial charge in [0.2, 0.25) is 11.9 Å². The number of benzene rings is 3. The average Bonchev–Trinajstić information content (AvgIpc) is 3.01. The quantitative estimate of drug-likeness (QED) is 0.286. The first-order valence-corrected chi connectivity index (χ1v) is 14.7. The number of hydrogen-bond acceptors (Lipinski definition) is 6. The number of rotatable bonds is 9. The number of likely N-dealkylation sites (N-methyl/N-ethyl adjacent to an activating group) is 1. The standard InChI is InChI=1S/C34H38N6O/c1-39-18-20-40(21-19-39)17-7-16-35-34-36-24-27-23-31(29-10-5-6-11-30(29)33(27)38-34)26-12-14-28(15-13-26)37-32(41)22-25-8-3-2-4-9-25/h2-6,8-15,24,31H,7,16-23H2,1H3,(H,37,41)(H,35,36,38). The number of nitrogens with zero attached hydrogens (tertiary/aromatic N) is 4. The van der Waals surface area contributed by atoms with Crippen molar-refractivity contribution in [2.75, 3.05) is 56.9 Å². The maximum absolute atomic E-state index is 12.5. The molecule has 1 fully saturated rings. The highest BCUT2D eigenvalue weighted by molar-refractivity contribution is 5.92. The number of hydrogen-bond donors (Lipinski definition) is 2. The summed E-state index contributed by atoms with van der Waals surface area (Å²) in [5.74, 6) is 0.895. The van der Waals surface area contributed by atoms with Crippen LogP contribution in [0.15, 0.2) is 85.1 Å². The van der Waals surface area contributed by atoms with Crippen molar-refractivity contribution in [3.63, 3.8) is 0 Å². The zero-order chi connectivity index (χ0) is 28.0. The smallest absolute Gasteiger partial charge is 0.228 e. The fourth-order valence-electron chi connectivity index (χ4n) is 5.88. The summed E-state index contributed by atoms with van der Waals surface area (Å²) in [5.41, 5.74) is 7.67. The molecule has 7 nitrogen and oxygen atoms in total. The van der Waals surface area contributed by atoms with Crippen LogP contribution in [0.4, 0.5) is 11.6 Å². The molecule has 1 saturated heterocycles. The summed E-state index contributed by atoms with van der Waals surface area (Å²) < 4.78 is 0. The van der Waals surface area contributed by atoms with E-state index in [4.69, 9.17) is 4.98 Å². The lowest BCUT2D eigenvalue weighted by atomic mass is 9.78. The molecule has 210 valence electrons. The number of carbonyl (C=O) groups is 1. The second-order valence-electron chi connectivity index (χ2n) is 11.2. The summed E-state index contributed by atoms with van der Waals surface area (Å²) in [4.78, 5) is 27.1. The predicted octanol–water partition coefficient (Wildman–Crippen LogP) is 5.06. The van der Waals surface area contributed by atoms with Gasteiger partial charge in [0.05, 0.1) is 12.1 Å². The third kappa shape index (κ3) is 6.64. The Kier molecular flexibility index (Phi) is 8.35. The van der Waals surface area contributed by atoms with Gasteiger partial charge in [-0.3, -0.25) is 4.79 Å². The molecule has 41 heavy (non-hydrogen) atoms. The van der Waals surface area contributed by atoms with E-state index in [0.717, 1.165) is 74.6 Å². The average molecular weight is 547 g/mol. The number of fused-ring (bicyclic) bond motifs is 3. The lowest BCUT2D eigenvalue weighted by Crippen LogP contribution is -2.44. The Morgan fingerprint density at radius 3 is 2.49 bits per heavy atom. The van der Waals surface area contributed by atoms with Crippen LogP contribution in [0.3, 0.4) is 0 Å². The molecule has 1 aliphatic carbocycles. The molecule has 1 unspecified atom stereocenters. The highest BCUT2D eigenvalue weighted by atomic mass is 16.1. The highest BCUT2D eigenvalue weighted by Crippen LogP contribution is 2.42. The zero-order valence-electron chi connectivity index (χ0n) is 23.7. The summed E-state index contributed by atoms with van der Waals surface area (Å²) in [6.07, 6.45) is 4.27. The Bertz CT molecular complexity index is 1460. The van der Waals surface area contributed by atoms with E-state index < -0.39 is 0 Å². The van der Waals surface area contributed by atoms with E-state index >= 15 is 0 Å². The number of anilines is 2. The normalized spacial score (nSPS) is 17.0. The maximum Gasteiger partial charge on any atom is 0.228 e. The number of aromatic nitrogens is 2. The molecule has 2 aliphatic rings. The Balaban J connectivity index is 1.10.